The van der Waals surface area contributed by atoms with Gasteiger partial charge in [0.25, 0.3) is 0 Å². The van der Waals surface area contributed by atoms with Gasteiger partial charge in [-0.25, -0.2) is 4.58 Å². The van der Waals surface area contributed by atoms with Crippen molar-refractivity contribution in [2.24, 2.45) is 0 Å². The van der Waals surface area contributed by atoms with Gasteiger partial charge in [-0.15, -0.1) is 0 Å². The van der Waals surface area contributed by atoms with E-state index in [-0.39, 0.29) is 6.04 Å². The molecule has 0 bridgehead atoms. The highest BCUT2D eigenvalue weighted by Crippen LogP contribution is 2.28. The van der Waals surface area contributed by atoms with E-state index in [0.29, 0.717) is 0 Å². The summed E-state index contributed by atoms with van der Waals surface area (Å²) in [5.74, 6) is 0. The average molecular weight is 260 g/mol. The Hall–Kier alpha value is -2.41. The van der Waals surface area contributed by atoms with Gasteiger partial charge in [0.2, 0.25) is 6.04 Å². The largest absolute Gasteiger partial charge is 0.202 e. The molecule has 1 unspecified atom stereocenters. The van der Waals surface area contributed by atoms with Gasteiger partial charge in [-0.05, 0) is 24.1 Å². The molecule has 20 heavy (non-hydrogen) atoms. The second-order valence-corrected chi connectivity index (χ2v) is 5.17. The minimum Gasteiger partial charge on any atom is -0.201 e. The van der Waals surface area contributed by atoms with Gasteiger partial charge in [0.05, 0.1) is 0 Å². The van der Waals surface area contributed by atoms with Crippen molar-refractivity contribution in [3.05, 3.63) is 89.6 Å². The van der Waals surface area contributed by atoms with Gasteiger partial charge in [-0.2, -0.15) is 0 Å². The second-order valence-electron chi connectivity index (χ2n) is 5.17. The van der Waals surface area contributed by atoms with Crippen molar-refractivity contribution in [1.29, 1.82) is 0 Å². The molecule has 1 aliphatic heterocycles. The van der Waals surface area contributed by atoms with Crippen LogP contribution in [-0.2, 0) is 0 Å². The lowest BCUT2D eigenvalue weighted by molar-refractivity contribution is -0.485. The molecule has 98 valence electrons. The first-order valence-corrected chi connectivity index (χ1v) is 6.85. The lowest BCUT2D eigenvalue weighted by Crippen LogP contribution is -2.13. The lowest BCUT2D eigenvalue weighted by atomic mass is 9.96. The molecule has 1 atom stereocenters. The quantitative estimate of drug-likeness (QED) is 0.706. The van der Waals surface area contributed by atoms with Crippen LogP contribution in [0.25, 0.3) is 5.57 Å². The first-order valence-electron chi connectivity index (χ1n) is 6.85. The summed E-state index contributed by atoms with van der Waals surface area (Å²) in [6, 6.07) is 19.3. The van der Waals surface area contributed by atoms with Crippen LogP contribution in [0.4, 0.5) is 0 Å². The Morgan fingerprint density at radius 3 is 2.35 bits per heavy atom. The Balaban J connectivity index is 1.98. The van der Waals surface area contributed by atoms with Crippen molar-refractivity contribution in [2.75, 3.05) is 0 Å². The minimum atomic E-state index is 0.192. The zero-order chi connectivity index (χ0) is 13.9. The molecule has 0 amide bonds. The molecule has 2 aromatic rings. The van der Waals surface area contributed by atoms with E-state index in [0.717, 1.165) is 0 Å². The van der Waals surface area contributed by atoms with E-state index in [1.54, 1.807) is 0 Å². The van der Waals surface area contributed by atoms with Crippen LogP contribution in [0.3, 0.4) is 0 Å². The van der Waals surface area contributed by atoms with Crippen LogP contribution in [0.15, 0.2) is 72.9 Å². The van der Waals surface area contributed by atoms with Crippen molar-refractivity contribution >= 4 is 12.3 Å². The van der Waals surface area contributed by atoms with Crippen molar-refractivity contribution < 1.29 is 4.58 Å². The third-order valence-electron chi connectivity index (χ3n) is 3.67. The summed E-state index contributed by atoms with van der Waals surface area (Å²) in [6.07, 6.45) is 6.44. The summed E-state index contributed by atoms with van der Waals surface area (Å²) in [7, 11) is 0. The van der Waals surface area contributed by atoms with E-state index >= 15 is 0 Å². The highest BCUT2D eigenvalue weighted by Gasteiger charge is 2.21. The van der Waals surface area contributed by atoms with E-state index in [1.807, 2.05) is 16.8 Å². The normalized spacial score (nSPS) is 17.9. The fourth-order valence-corrected chi connectivity index (χ4v) is 2.47. The standard InChI is InChI=1S/C19H18N/c1-15-8-10-16(11-9-15)18-12-13-20(2)19(14-18)17-6-4-3-5-7-17/h3-14,19H,2H2,1H3/q+1. The Morgan fingerprint density at radius 2 is 1.65 bits per heavy atom. The Bertz CT molecular complexity index is 675. The molecule has 0 saturated heterocycles. The molecular weight excluding hydrogens is 242 g/mol. The SMILES string of the molecule is C=[N+]1C=CC(c2ccc(C)cc2)=CC1c1ccccc1. The summed E-state index contributed by atoms with van der Waals surface area (Å²) in [5.41, 5.74) is 5.05. The zero-order valence-corrected chi connectivity index (χ0v) is 11.7. The van der Waals surface area contributed by atoms with Crippen LogP contribution in [0.1, 0.15) is 22.7 Å². The van der Waals surface area contributed by atoms with Crippen LogP contribution in [0, 0.1) is 6.92 Å². The molecule has 3 rings (SSSR count). The highest BCUT2D eigenvalue weighted by molar-refractivity contribution is 5.75. The van der Waals surface area contributed by atoms with E-state index in [2.05, 4.69) is 74.3 Å². The monoisotopic (exact) mass is 260 g/mol. The molecule has 0 radical (unpaired) electrons. The molecule has 0 saturated carbocycles. The van der Waals surface area contributed by atoms with E-state index in [9.17, 15) is 0 Å². The van der Waals surface area contributed by atoms with E-state index < -0.39 is 0 Å². The summed E-state index contributed by atoms with van der Waals surface area (Å²) in [5, 5.41) is 0. The van der Waals surface area contributed by atoms with Gasteiger partial charge >= 0.3 is 0 Å². The Kier molecular flexibility index (Phi) is 3.34. The third-order valence-corrected chi connectivity index (χ3v) is 3.67. The fourth-order valence-electron chi connectivity index (χ4n) is 2.47. The summed E-state index contributed by atoms with van der Waals surface area (Å²) in [6.45, 7) is 6.21. The third kappa shape index (κ3) is 2.48. The molecule has 0 aromatic heterocycles. The van der Waals surface area contributed by atoms with Crippen LogP contribution >= 0.6 is 0 Å². The average Bonchev–Trinajstić information content (AvgIpc) is 2.50. The molecule has 0 aliphatic carbocycles. The van der Waals surface area contributed by atoms with Crippen molar-refractivity contribution in [3.63, 3.8) is 0 Å². The second kappa shape index (κ2) is 5.30. The number of benzene rings is 2. The molecule has 1 heteroatoms. The predicted molar refractivity (Wildman–Crippen MR) is 84.9 cm³/mol. The van der Waals surface area contributed by atoms with Crippen molar-refractivity contribution in [2.45, 2.75) is 13.0 Å². The molecule has 0 fully saturated rings. The maximum Gasteiger partial charge on any atom is 0.202 e. The van der Waals surface area contributed by atoms with Gasteiger partial charge in [0.1, 0.15) is 6.72 Å². The number of hydrogen-bond acceptors (Lipinski definition) is 0. The maximum absolute atomic E-state index is 4.10. The summed E-state index contributed by atoms with van der Waals surface area (Å²) < 4.78 is 1.99. The first kappa shape index (κ1) is 12.6. The topological polar surface area (TPSA) is 3.01 Å². The van der Waals surface area contributed by atoms with Crippen LogP contribution < -0.4 is 0 Å². The molecule has 0 spiro atoms. The fraction of sp³-hybridized carbons (Fsp3) is 0.105. The molecule has 1 heterocycles. The zero-order valence-electron chi connectivity index (χ0n) is 11.7. The van der Waals surface area contributed by atoms with Gasteiger partial charge < -0.3 is 0 Å². The summed E-state index contributed by atoms with van der Waals surface area (Å²) in [4.78, 5) is 0. The predicted octanol–water partition coefficient (Wildman–Crippen LogP) is 4.36. The minimum absolute atomic E-state index is 0.192. The number of rotatable bonds is 2. The van der Waals surface area contributed by atoms with Gasteiger partial charge in [-0.3, -0.25) is 0 Å². The van der Waals surface area contributed by atoms with Crippen LogP contribution in [0.2, 0.25) is 0 Å². The van der Waals surface area contributed by atoms with Gasteiger partial charge in [-0.1, -0.05) is 60.2 Å². The number of nitrogens with zero attached hydrogens (tertiary/aromatic N) is 1. The van der Waals surface area contributed by atoms with Crippen molar-refractivity contribution in [3.8, 4) is 0 Å². The smallest absolute Gasteiger partial charge is 0.201 e. The summed E-state index contributed by atoms with van der Waals surface area (Å²) >= 11 is 0. The number of aryl methyl sites for hydroxylation is 1. The van der Waals surface area contributed by atoms with E-state index in [1.165, 1.54) is 22.3 Å². The lowest BCUT2D eigenvalue weighted by Gasteiger charge is -2.15. The number of allylic oxidation sites excluding steroid dienone is 2. The van der Waals surface area contributed by atoms with Crippen molar-refractivity contribution in [1.82, 2.24) is 0 Å². The molecule has 0 N–H and O–H groups in total. The maximum atomic E-state index is 4.10. The number of hydrogen-bond donors (Lipinski definition) is 0. The van der Waals surface area contributed by atoms with Gasteiger partial charge in [0.15, 0.2) is 6.20 Å². The van der Waals surface area contributed by atoms with Crippen LogP contribution in [-0.4, -0.2) is 11.3 Å². The molecule has 1 nitrogen and oxygen atoms in total. The van der Waals surface area contributed by atoms with E-state index in [4.69, 9.17) is 0 Å². The van der Waals surface area contributed by atoms with Gasteiger partial charge in [0, 0.05) is 11.6 Å². The molecule has 2 aromatic carbocycles. The molecule has 1 aliphatic rings. The highest BCUT2D eigenvalue weighted by atomic mass is 15.0. The van der Waals surface area contributed by atoms with Crippen LogP contribution in [0.5, 0.6) is 0 Å². The Labute approximate surface area is 120 Å². The first-order chi connectivity index (χ1) is 9.74. The Morgan fingerprint density at radius 1 is 0.950 bits per heavy atom. The molecular formula is C19H18N+.